The van der Waals surface area contributed by atoms with Crippen LogP contribution in [0.2, 0.25) is 5.02 Å². The molecule has 0 atom stereocenters. The van der Waals surface area contributed by atoms with E-state index in [1.807, 2.05) is 9.80 Å². The van der Waals surface area contributed by atoms with Gasteiger partial charge in [-0.3, -0.25) is 24.0 Å². The SMILES string of the molecule is Cc1nc2cnc(N3CCN(CCOC(F)(F)F)CC3)c(C#N)c2c(=O)n1CCOc1ccc(Cl)cc1-c1ccnc2c(C(=O)O)csc12. The number of alkyl halides is 3. The van der Waals surface area contributed by atoms with Crippen molar-refractivity contribution in [2.75, 3.05) is 50.8 Å². The highest BCUT2D eigenvalue weighted by Crippen LogP contribution is 2.39. The van der Waals surface area contributed by atoms with Gasteiger partial charge in [-0.05, 0) is 31.2 Å². The Kier molecular flexibility index (Phi) is 9.70. The number of aromatic nitrogens is 4. The molecule has 0 bridgehead atoms. The number of rotatable bonds is 10. The minimum absolute atomic E-state index is 0.0431. The smallest absolute Gasteiger partial charge is 0.491 e. The monoisotopic (exact) mass is 713 g/mol. The van der Waals surface area contributed by atoms with Crippen LogP contribution in [0.4, 0.5) is 19.0 Å². The number of hydrogen-bond donors (Lipinski definition) is 1. The molecule has 0 aliphatic carbocycles. The minimum atomic E-state index is -4.69. The zero-order valence-electron chi connectivity index (χ0n) is 25.8. The maximum Gasteiger partial charge on any atom is 0.522 e. The summed E-state index contributed by atoms with van der Waals surface area (Å²) in [7, 11) is 0. The van der Waals surface area contributed by atoms with Crippen LogP contribution in [0, 0.1) is 18.3 Å². The Bertz CT molecular complexity index is 2160. The van der Waals surface area contributed by atoms with Gasteiger partial charge in [-0.1, -0.05) is 11.6 Å². The Hall–Kier alpha value is -4.82. The third kappa shape index (κ3) is 7.15. The van der Waals surface area contributed by atoms with E-state index in [0.717, 1.165) is 0 Å². The van der Waals surface area contributed by atoms with Crippen LogP contribution in [0.15, 0.2) is 46.8 Å². The number of thiophene rings is 1. The first-order valence-electron chi connectivity index (χ1n) is 15.0. The number of carbonyl (C=O) groups is 1. The number of hydrogen-bond acceptors (Lipinski definition) is 11. The second kappa shape index (κ2) is 14.0. The number of carboxylic acid groups (broad SMARTS) is 1. The van der Waals surface area contributed by atoms with E-state index in [1.165, 1.54) is 33.7 Å². The summed E-state index contributed by atoms with van der Waals surface area (Å²) in [4.78, 5) is 42.5. The molecular weight excluding hydrogens is 687 g/mol. The molecule has 17 heteroatoms. The second-order valence-electron chi connectivity index (χ2n) is 11.0. The van der Waals surface area contributed by atoms with Gasteiger partial charge >= 0.3 is 12.3 Å². The summed E-state index contributed by atoms with van der Waals surface area (Å²) in [5, 5.41) is 21.8. The molecule has 0 radical (unpaired) electrons. The van der Waals surface area contributed by atoms with Crippen LogP contribution in [0.1, 0.15) is 21.7 Å². The van der Waals surface area contributed by atoms with E-state index in [-0.39, 0.29) is 41.7 Å². The molecule has 1 aliphatic heterocycles. The van der Waals surface area contributed by atoms with Gasteiger partial charge in [0.2, 0.25) is 0 Å². The molecule has 49 heavy (non-hydrogen) atoms. The fourth-order valence-corrected chi connectivity index (χ4v) is 6.97. The number of anilines is 1. The third-order valence-corrected chi connectivity index (χ3v) is 9.35. The Balaban J connectivity index is 1.23. The summed E-state index contributed by atoms with van der Waals surface area (Å²) < 4.78 is 49.2. The third-order valence-electron chi connectivity index (χ3n) is 8.12. The summed E-state index contributed by atoms with van der Waals surface area (Å²) in [6.45, 7) is 3.03. The average Bonchev–Trinajstić information content (AvgIpc) is 3.51. The van der Waals surface area contributed by atoms with Crippen LogP contribution in [0.25, 0.3) is 32.2 Å². The molecule has 0 spiro atoms. The lowest BCUT2D eigenvalue weighted by molar-refractivity contribution is -0.325. The van der Waals surface area contributed by atoms with Gasteiger partial charge in [0.05, 0.1) is 46.0 Å². The van der Waals surface area contributed by atoms with Gasteiger partial charge in [0, 0.05) is 60.5 Å². The molecule has 6 rings (SSSR count). The summed E-state index contributed by atoms with van der Waals surface area (Å²) in [5.74, 6) is 0.0686. The van der Waals surface area contributed by atoms with E-state index in [0.29, 0.717) is 69.9 Å². The molecule has 1 aliphatic rings. The van der Waals surface area contributed by atoms with Gasteiger partial charge in [-0.2, -0.15) is 5.26 Å². The lowest BCUT2D eigenvalue weighted by atomic mass is 10.0. The number of pyridine rings is 2. The van der Waals surface area contributed by atoms with Crippen LogP contribution in [-0.4, -0.2) is 87.8 Å². The molecule has 0 amide bonds. The average molecular weight is 714 g/mol. The molecule has 254 valence electrons. The van der Waals surface area contributed by atoms with Gasteiger partial charge < -0.3 is 14.7 Å². The van der Waals surface area contributed by atoms with Gasteiger partial charge in [-0.25, -0.2) is 14.8 Å². The van der Waals surface area contributed by atoms with Crippen molar-refractivity contribution in [1.82, 2.24) is 24.4 Å². The van der Waals surface area contributed by atoms with Crippen molar-refractivity contribution < 1.29 is 32.5 Å². The van der Waals surface area contributed by atoms with Crippen molar-refractivity contribution in [3.63, 3.8) is 0 Å². The van der Waals surface area contributed by atoms with Crippen molar-refractivity contribution in [3.05, 3.63) is 74.4 Å². The normalized spacial score (nSPS) is 14.0. The van der Waals surface area contributed by atoms with E-state index in [1.54, 1.807) is 31.2 Å². The van der Waals surface area contributed by atoms with Crippen molar-refractivity contribution in [3.8, 4) is 22.9 Å². The summed E-state index contributed by atoms with van der Waals surface area (Å²) in [5.41, 5.74) is 1.64. The van der Waals surface area contributed by atoms with Crippen molar-refractivity contribution >= 4 is 55.8 Å². The molecule has 12 nitrogen and oxygen atoms in total. The number of carboxylic acids is 1. The molecular formula is C32H27ClF3N7O5S. The number of nitriles is 1. The van der Waals surface area contributed by atoms with E-state index in [2.05, 4.69) is 25.8 Å². The second-order valence-corrected chi connectivity index (χ2v) is 12.4. The van der Waals surface area contributed by atoms with Crippen molar-refractivity contribution in [1.29, 1.82) is 5.26 Å². The van der Waals surface area contributed by atoms with Crippen molar-refractivity contribution in [2.24, 2.45) is 0 Å². The largest absolute Gasteiger partial charge is 0.522 e. The number of aryl methyl sites for hydroxylation is 1. The number of nitrogens with zero attached hydrogens (tertiary/aromatic N) is 7. The Morgan fingerprint density at radius 2 is 1.90 bits per heavy atom. The summed E-state index contributed by atoms with van der Waals surface area (Å²) in [6, 6.07) is 8.94. The lowest BCUT2D eigenvalue weighted by Gasteiger charge is -2.35. The topological polar surface area (TPSA) is 147 Å². The van der Waals surface area contributed by atoms with E-state index in [9.17, 15) is 33.1 Å². The highest BCUT2D eigenvalue weighted by atomic mass is 35.5. The van der Waals surface area contributed by atoms with E-state index < -0.39 is 24.5 Å². The number of ether oxygens (including phenoxy) is 2. The fraction of sp³-hybridized carbons (Fsp3) is 0.312. The number of halogens is 4. The van der Waals surface area contributed by atoms with Crippen LogP contribution >= 0.6 is 22.9 Å². The standard InChI is InChI=1S/C32H27ClF3N7O5S/c1-18-40-24-16-39-29(42-8-6-41(7-9-42)10-13-48-32(34,35)36)22(15-37)26(24)30(44)43(18)11-12-47-25-3-2-19(33)14-21(25)20-4-5-38-27-23(31(45)46)17-49-28(20)27/h2-5,14,16-17H,6-13H2,1H3,(H,45,46). The molecule has 1 fully saturated rings. The van der Waals surface area contributed by atoms with E-state index in [4.69, 9.17) is 16.3 Å². The van der Waals surface area contributed by atoms with E-state index >= 15 is 0 Å². The molecule has 4 aromatic heterocycles. The quantitative estimate of drug-likeness (QED) is 0.200. The molecule has 0 saturated carbocycles. The minimum Gasteiger partial charge on any atom is -0.491 e. The predicted molar refractivity (Wildman–Crippen MR) is 176 cm³/mol. The van der Waals surface area contributed by atoms with Crippen LogP contribution in [-0.2, 0) is 11.3 Å². The zero-order valence-corrected chi connectivity index (χ0v) is 27.4. The first kappa shape index (κ1) is 34.1. The number of benzene rings is 1. The van der Waals surface area contributed by atoms with Gasteiger partial charge in [0.25, 0.3) is 5.56 Å². The van der Waals surface area contributed by atoms with Crippen LogP contribution in [0.3, 0.4) is 0 Å². The maximum absolute atomic E-state index is 13.9. The Morgan fingerprint density at radius 1 is 1.12 bits per heavy atom. The predicted octanol–water partition coefficient (Wildman–Crippen LogP) is 5.34. The van der Waals surface area contributed by atoms with Gasteiger partial charge in [0.15, 0.2) is 0 Å². The number of piperazine rings is 1. The summed E-state index contributed by atoms with van der Waals surface area (Å²) in [6.07, 6.45) is -1.72. The first-order valence-corrected chi connectivity index (χ1v) is 16.2. The van der Waals surface area contributed by atoms with Crippen LogP contribution < -0.4 is 15.2 Å². The zero-order chi connectivity index (χ0) is 34.9. The maximum atomic E-state index is 13.9. The number of fused-ring (bicyclic) bond motifs is 2. The molecule has 1 aromatic carbocycles. The van der Waals surface area contributed by atoms with Gasteiger partial charge in [0.1, 0.15) is 35.6 Å². The Morgan fingerprint density at radius 3 is 2.61 bits per heavy atom. The molecule has 1 saturated heterocycles. The highest BCUT2D eigenvalue weighted by Gasteiger charge is 2.30. The van der Waals surface area contributed by atoms with Gasteiger partial charge in [-0.15, -0.1) is 24.5 Å². The number of aromatic carboxylic acids is 1. The lowest BCUT2D eigenvalue weighted by Crippen LogP contribution is -2.48. The first-order chi connectivity index (χ1) is 23.4. The van der Waals surface area contributed by atoms with Crippen molar-refractivity contribution in [2.45, 2.75) is 19.8 Å². The molecule has 5 aromatic rings. The molecule has 5 heterocycles. The highest BCUT2D eigenvalue weighted by molar-refractivity contribution is 7.18. The summed E-state index contributed by atoms with van der Waals surface area (Å²) >= 11 is 7.59. The molecule has 0 unspecified atom stereocenters. The van der Waals surface area contributed by atoms with Crippen LogP contribution in [0.5, 0.6) is 5.75 Å². The Labute approximate surface area is 285 Å². The molecule has 1 N–H and O–H groups in total. The fourth-order valence-electron chi connectivity index (χ4n) is 5.77.